The lowest BCUT2D eigenvalue weighted by Gasteiger charge is -2.16. The molecular weight excluding hydrogens is 303 g/mol. The lowest BCUT2D eigenvalue weighted by molar-refractivity contribution is 0.235. The van der Waals surface area contributed by atoms with Crippen molar-refractivity contribution in [1.29, 1.82) is 0 Å². The highest BCUT2D eigenvalue weighted by Crippen LogP contribution is 2.36. The number of aliphatic hydroxyl groups excluding tert-OH is 1. The summed E-state index contributed by atoms with van der Waals surface area (Å²) in [5, 5.41) is 13.8. The van der Waals surface area contributed by atoms with E-state index in [0.717, 1.165) is 12.8 Å². The zero-order chi connectivity index (χ0) is 15.7. The zero-order valence-corrected chi connectivity index (χ0v) is 13.3. The number of halogens is 1. The zero-order valence-electron chi connectivity index (χ0n) is 12.4. The van der Waals surface area contributed by atoms with E-state index in [-0.39, 0.29) is 12.4 Å². The highest BCUT2D eigenvalue weighted by molar-refractivity contribution is 7.71. The van der Waals surface area contributed by atoms with Gasteiger partial charge in [-0.25, -0.2) is 9.07 Å². The van der Waals surface area contributed by atoms with Gasteiger partial charge in [0.2, 0.25) is 0 Å². The van der Waals surface area contributed by atoms with E-state index in [1.54, 1.807) is 16.8 Å². The van der Waals surface area contributed by atoms with Gasteiger partial charge in [-0.15, -0.1) is 0 Å². The molecule has 3 rings (SSSR count). The Bertz CT molecular complexity index is 723. The molecule has 1 fully saturated rings. The molecule has 1 aromatic carbocycles. The van der Waals surface area contributed by atoms with Gasteiger partial charge in [-0.1, -0.05) is 18.2 Å². The molecule has 22 heavy (non-hydrogen) atoms. The predicted molar refractivity (Wildman–Crippen MR) is 83.1 cm³/mol. The summed E-state index contributed by atoms with van der Waals surface area (Å²) in [6.45, 7) is 0.809. The van der Waals surface area contributed by atoms with Crippen molar-refractivity contribution >= 4 is 12.2 Å². The first-order valence-electron chi connectivity index (χ1n) is 7.31. The van der Waals surface area contributed by atoms with Gasteiger partial charge in [-0.2, -0.15) is 5.10 Å². The number of hydrogen-bond donors (Lipinski definition) is 1. The minimum Gasteiger partial charge on any atom is -0.388 e. The number of aromatic nitrogens is 3. The van der Waals surface area contributed by atoms with Crippen molar-refractivity contribution < 1.29 is 9.50 Å². The number of hydrogen-bond acceptors (Lipinski definition) is 4. The molecule has 0 bridgehead atoms. The monoisotopic (exact) mass is 322 g/mol. The summed E-state index contributed by atoms with van der Waals surface area (Å²) >= 11 is 5.46. The van der Waals surface area contributed by atoms with Gasteiger partial charge < -0.3 is 5.11 Å². The van der Waals surface area contributed by atoms with Gasteiger partial charge in [0.25, 0.3) is 0 Å². The van der Waals surface area contributed by atoms with E-state index in [1.165, 1.54) is 6.07 Å². The predicted octanol–water partition coefficient (Wildman–Crippen LogP) is 2.47. The van der Waals surface area contributed by atoms with Crippen LogP contribution >= 0.6 is 12.2 Å². The second kappa shape index (κ2) is 6.28. The maximum Gasteiger partial charge on any atom is 0.199 e. The Balaban J connectivity index is 1.75. The fourth-order valence-electron chi connectivity index (χ4n) is 2.56. The smallest absolute Gasteiger partial charge is 0.199 e. The maximum absolute atomic E-state index is 13.7. The number of nitrogens with zero attached hydrogens (tertiary/aromatic N) is 4. The van der Waals surface area contributed by atoms with Crippen molar-refractivity contribution in [1.82, 2.24) is 19.2 Å². The summed E-state index contributed by atoms with van der Waals surface area (Å²) in [4.78, 5) is 1.94. The Hall–Kier alpha value is -1.57. The second-order valence-corrected chi connectivity index (χ2v) is 6.07. The van der Waals surface area contributed by atoms with Crippen LogP contribution in [-0.4, -0.2) is 31.4 Å². The Morgan fingerprint density at radius 3 is 2.77 bits per heavy atom. The van der Waals surface area contributed by atoms with Gasteiger partial charge in [-0.05, 0) is 38.2 Å². The van der Waals surface area contributed by atoms with Crippen LogP contribution in [0.1, 0.15) is 30.3 Å². The van der Waals surface area contributed by atoms with Gasteiger partial charge in [0.15, 0.2) is 10.6 Å². The third kappa shape index (κ3) is 3.11. The van der Waals surface area contributed by atoms with Crippen molar-refractivity contribution in [2.45, 2.75) is 38.7 Å². The van der Waals surface area contributed by atoms with Crippen LogP contribution in [0.2, 0.25) is 0 Å². The molecule has 1 heterocycles. The first kappa shape index (κ1) is 15.3. The van der Waals surface area contributed by atoms with Crippen LogP contribution in [-0.2, 0) is 19.8 Å². The molecule has 1 aromatic heterocycles. The van der Waals surface area contributed by atoms with E-state index < -0.39 is 0 Å². The lowest BCUT2D eigenvalue weighted by Crippen LogP contribution is -2.23. The standard InChI is InChI=1S/C15H19FN4OS/c1-18(8-11-4-2-3-5-13(11)16)10-19-15(22)20(12-6-7-12)14(9-21)17-19/h2-5,12,21H,6-10H2,1H3. The molecule has 0 atom stereocenters. The van der Waals surface area contributed by atoms with Gasteiger partial charge in [0.1, 0.15) is 12.4 Å². The second-order valence-electron chi connectivity index (χ2n) is 5.70. The molecule has 0 amide bonds. The van der Waals surface area contributed by atoms with Crippen LogP contribution < -0.4 is 0 Å². The van der Waals surface area contributed by atoms with E-state index in [9.17, 15) is 9.50 Å². The summed E-state index contributed by atoms with van der Waals surface area (Å²) in [5.74, 6) is 0.393. The van der Waals surface area contributed by atoms with Gasteiger partial charge >= 0.3 is 0 Å². The molecular formula is C15H19FN4OS. The summed E-state index contributed by atoms with van der Waals surface area (Å²) in [6, 6.07) is 7.11. The average Bonchev–Trinajstić information content (AvgIpc) is 3.28. The van der Waals surface area contributed by atoms with Crippen LogP contribution in [0.5, 0.6) is 0 Å². The fourth-order valence-corrected chi connectivity index (χ4v) is 2.91. The normalized spacial score (nSPS) is 14.7. The fraction of sp³-hybridized carbons (Fsp3) is 0.467. The first-order valence-corrected chi connectivity index (χ1v) is 7.72. The summed E-state index contributed by atoms with van der Waals surface area (Å²) in [7, 11) is 1.89. The molecule has 0 unspecified atom stereocenters. The van der Waals surface area contributed by atoms with Crippen molar-refractivity contribution in [3.8, 4) is 0 Å². The number of benzene rings is 1. The third-order valence-electron chi connectivity index (χ3n) is 3.77. The van der Waals surface area contributed by atoms with E-state index >= 15 is 0 Å². The minimum absolute atomic E-state index is 0.121. The summed E-state index contributed by atoms with van der Waals surface area (Å²) < 4.78 is 17.9. The Morgan fingerprint density at radius 1 is 1.41 bits per heavy atom. The first-order chi connectivity index (χ1) is 10.6. The molecule has 2 aromatic rings. The van der Waals surface area contributed by atoms with Crippen LogP contribution in [0, 0.1) is 10.6 Å². The van der Waals surface area contributed by atoms with E-state index in [0.29, 0.717) is 35.4 Å². The molecule has 1 aliphatic carbocycles. The van der Waals surface area contributed by atoms with Crippen LogP contribution in [0.25, 0.3) is 0 Å². The van der Waals surface area contributed by atoms with E-state index in [2.05, 4.69) is 5.10 Å². The minimum atomic E-state index is -0.211. The molecule has 1 aliphatic rings. The Kier molecular flexibility index (Phi) is 4.37. The van der Waals surface area contributed by atoms with Crippen molar-refractivity contribution in [2.75, 3.05) is 7.05 Å². The van der Waals surface area contributed by atoms with Crippen LogP contribution in [0.4, 0.5) is 4.39 Å². The maximum atomic E-state index is 13.7. The van der Waals surface area contributed by atoms with Gasteiger partial charge in [-0.3, -0.25) is 9.47 Å². The quantitative estimate of drug-likeness (QED) is 0.830. The molecule has 0 radical (unpaired) electrons. The average molecular weight is 322 g/mol. The van der Waals surface area contributed by atoms with Crippen molar-refractivity contribution in [3.63, 3.8) is 0 Å². The highest BCUT2D eigenvalue weighted by Gasteiger charge is 2.28. The lowest BCUT2D eigenvalue weighted by atomic mass is 10.2. The molecule has 1 saturated carbocycles. The van der Waals surface area contributed by atoms with Gasteiger partial charge in [0.05, 0.1) is 6.67 Å². The molecule has 118 valence electrons. The molecule has 7 heteroatoms. The van der Waals surface area contributed by atoms with Crippen molar-refractivity contribution in [3.05, 3.63) is 46.2 Å². The largest absolute Gasteiger partial charge is 0.388 e. The summed E-state index contributed by atoms with van der Waals surface area (Å²) in [5.41, 5.74) is 0.639. The molecule has 0 aliphatic heterocycles. The molecule has 5 nitrogen and oxygen atoms in total. The topological polar surface area (TPSA) is 46.2 Å². The SMILES string of the molecule is CN(Cc1ccccc1F)Cn1nc(CO)n(C2CC2)c1=S. The van der Waals surface area contributed by atoms with Crippen LogP contribution in [0.3, 0.4) is 0 Å². The number of rotatable bonds is 6. The molecule has 1 N–H and O–H groups in total. The highest BCUT2D eigenvalue weighted by atomic mass is 32.1. The molecule has 0 spiro atoms. The van der Waals surface area contributed by atoms with Crippen LogP contribution in [0.15, 0.2) is 24.3 Å². The van der Waals surface area contributed by atoms with E-state index in [1.807, 2.05) is 22.6 Å². The molecule has 0 saturated heterocycles. The van der Waals surface area contributed by atoms with E-state index in [4.69, 9.17) is 12.2 Å². The Morgan fingerprint density at radius 2 is 2.14 bits per heavy atom. The summed E-state index contributed by atoms with van der Waals surface area (Å²) in [6.07, 6.45) is 2.16. The van der Waals surface area contributed by atoms with Crippen molar-refractivity contribution in [2.24, 2.45) is 0 Å². The Labute approximate surface area is 133 Å². The van der Waals surface area contributed by atoms with Gasteiger partial charge in [0, 0.05) is 18.2 Å². The number of aliphatic hydroxyl groups is 1. The third-order valence-corrected chi connectivity index (χ3v) is 4.18.